The van der Waals surface area contributed by atoms with Crippen molar-refractivity contribution in [1.82, 2.24) is 4.90 Å². The molecule has 1 N–H and O–H groups in total. The van der Waals surface area contributed by atoms with Crippen molar-refractivity contribution < 1.29 is 14.6 Å². The Morgan fingerprint density at radius 3 is 2.95 bits per heavy atom. The van der Waals surface area contributed by atoms with Gasteiger partial charge in [-0.05, 0) is 42.9 Å². The third-order valence-corrected chi connectivity index (χ3v) is 4.71. The van der Waals surface area contributed by atoms with Crippen molar-refractivity contribution in [1.29, 1.82) is 0 Å². The van der Waals surface area contributed by atoms with Crippen molar-refractivity contribution in [2.24, 2.45) is 5.92 Å². The van der Waals surface area contributed by atoms with Crippen LogP contribution in [-0.4, -0.2) is 35.9 Å². The number of β-amino-alcohol motifs (C(OH)–C–C–N with tert-alkyl or cyclic N) is 1. The summed E-state index contributed by atoms with van der Waals surface area (Å²) < 4.78 is 10.7. The Labute approximate surface area is 112 Å². The molecule has 3 unspecified atom stereocenters. The van der Waals surface area contributed by atoms with Crippen LogP contribution in [0.4, 0.5) is 0 Å². The van der Waals surface area contributed by atoms with E-state index in [1.165, 1.54) is 19.3 Å². The number of rotatable bonds is 3. The monoisotopic (exact) mass is 261 g/mol. The van der Waals surface area contributed by atoms with Crippen LogP contribution in [0.1, 0.15) is 30.9 Å². The van der Waals surface area contributed by atoms with Gasteiger partial charge in [0.15, 0.2) is 11.5 Å². The van der Waals surface area contributed by atoms with E-state index in [9.17, 15) is 5.11 Å². The number of piperidine rings is 1. The van der Waals surface area contributed by atoms with Crippen molar-refractivity contribution in [2.45, 2.75) is 31.4 Å². The van der Waals surface area contributed by atoms with Crippen molar-refractivity contribution in [3.8, 4) is 11.5 Å². The van der Waals surface area contributed by atoms with Crippen LogP contribution in [0.3, 0.4) is 0 Å². The Bertz CT molecular complexity index is 490. The molecule has 1 aromatic carbocycles. The van der Waals surface area contributed by atoms with Crippen molar-refractivity contribution in [2.75, 3.05) is 19.9 Å². The third kappa shape index (κ3) is 1.99. The van der Waals surface area contributed by atoms with Crippen LogP contribution in [0.2, 0.25) is 0 Å². The van der Waals surface area contributed by atoms with Crippen LogP contribution in [0.15, 0.2) is 18.2 Å². The lowest BCUT2D eigenvalue weighted by molar-refractivity contribution is 0.0945. The molecule has 0 radical (unpaired) electrons. The Balaban J connectivity index is 1.47. The van der Waals surface area contributed by atoms with E-state index in [2.05, 4.69) is 4.90 Å². The molecule has 3 aliphatic rings. The van der Waals surface area contributed by atoms with Gasteiger partial charge < -0.3 is 14.6 Å². The van der Waals surface area contributed by atoms with E-state index >= 15 is 0 Å². The van der Waals surface area contributed by atoms with Gasteiger partial charge in [0.1, 0.15) is 0 Å². The highest BCUT2D eigenvalue weighted by Crippen LogP contribution is 2.39. The van der Waals surface area contributed by atoms with Crippen LogP contribution in [0.5, 0.6) is 11.5 Å². The lowest BCUT2D eigenvalue weighted by Gasteiger charge is -2.28. The molecule has 4 nitrogen and oxygen atoms in total. The van der Waals surface area contributed by atoms with Gasteiger partial charge in [0, 0.05) is 19.1 Å². The van der Waals surface area contributed by atoms with E-state index in [1.54, 1.807) is 0 Å². The predicted molar refractivity (Wildman–Crippen MR) is 70.2 cm³/mol. The maximum atomic E-state index is 10.4. The van der Waals surface area contributed by atoms with Gasteiger partial charge in [0.25, 0.3) is 0 Å². The summed E-state index contributed by atoms with van der Waals surface area (Å²) in [5.41, 5.74) is 0.923. The molecule has 1 saturated carbocycles. The third-order valence-electron chi connectivity index (χ3n) is 4.71. The summed E-state index contributed by atoms with van der Waals surface area (Å²) in [6.07, 6.45) is 3.57. The SMILES string of the molecule is OC(CN1CC2CCC1C2)c1ccc2c(c1)OCO2. The number of likely N-dealkylation sites (tertiary alicyclic amines) is 1. The van der Waals surface area contributed by atoms with E-state index in [0.717, 1.165) is 36.1 Å². The topological polar surface area (TPSA) is 41.9 Å². The second-order valence-electron chi connectivity index (χ2n) is 5.92. The number of fused-ring (bicyclic) bond motifs is 3. The first-order valence-electron chi connectivity index (χ1n) is 7.11. The summed E-state index contributed by atoms with van der Waals surface area (Å²) in [6, 6.07) is 6.43. The standard InChI is InChI=1S/C15H19NO3/c17-13(8-16-7-10-1-3-12(16)5-10)11-2-4-14-15(6-11)19-9-18-14/h2,4,6,10,12-13,17H,1,3,5,7-9H2. The highest BCUT2D eigenvalue weighted by molar-refractivity contribution is 5.45. The van der Waals surface area contributed by atoms with Crippen LogP contribution in [0.25, 0.3) is 0 Å². The van der Waals surface area contributed by atoms with E-state index in [4.69, 9.17) is 9.47 Å². The molecule has 1 saturated heterocycles. The predicted octanol–water partition coefficient (Wildman–Crippen LogP) is 1.93. The summed E-state index contributed by atoms with van der Waals surface area (Å²) >= 11 is 0. The summed E-state index contributed by atoms with van der Waals surface area (Å²) in [6.45, 7) is 2.18. The van der Waals surface area contributed by atoms with Crippen molar-refractivity contribution >= 4 is 0 Å². The van der Waals surface area contributed by atoms with Crippen LogP contribution in [0, 0.1) is 5.92 Å². The highest BCUT2D eigenvalue weighted by Gasteiger charge is 2.38. The van der Waals surface area contributed by atoms with Gasteiger partial charge in [-0.15, -0.1) is 0 Å². The molecule has 2 fully saturated rings. The summed E-state index contributed by atoms with van der Waals surface area (Å²) in [4.78, 5) is 2.45. The number of nitrogens with zero attached hydrogens (tertiary/aromatic N) is 1. The highest BCUT2D eigenvalue weighted by atomic mass is 16.7. The number of aliphatic hydroxyl groups is 1. The summed E-state index contributed by atoms with van der Waals surface area (Å²) in [5.74, 6) is 2.39. The molecular weight excluding hydrogens is 242 g/mol. The Kier molecular flexibility index (Phi) is 2.67. The normalized spacial score (nSPS) is 29.9. The average molecular weight is 261 g/mol. The first-order valence-corrected chi connectivity index (χ1v) is 7.11. The Morgan fingerprint density at radius 1 is 1.26 bits per heavy atom. The van der Waals surface area contributed by atoms with E-state index in [-0.39, 0.29) is 6.79 Å². The fourth-order valence-electron chi connectivity index (χ4n) is 3.70. The summed E-state index contributed by atoms with van der Waals surface area (Å²) in [7, 11) is 0. The molecular formula is C15H19NO3. The molecule has 102 valence electrons. The average Bonchev–Trinajstić information content (AvgIpc) is 3.13. The molecule has 2 aliphatic heterocycles. The van der Waals surface area contributed by atoms with Crippen LogP contribution in [-0.2, 0) is 0 Å². The molecule has 0 amide bonds. The van der Waals surface area contributed by atoms with E-state index in [1.807, 2.05) is 18.2 Å². The lowest BCUT2D eigenvalue weighted by atomic mass is 10.1. The van der Waals surface area contributed by atoms with Crippen LogP contribution >= 0.6 is 0 Å². The number of benzene rings is 1. The molecule has 1 aromatic rings. The number of hydrogen-bond acceptors (Lipinski definition) is 4. The van der Waals surface area contributed by atoms with Gasteiger partial charge in [0.2, 0.25) is 6.79 Å². The maximum Gasteiger partial charge on any atom is 0.231 e. The first-order chi connectivity index (χ1) is 9.29. The Hall–Kier alpha value is -1.26. The minimum atomic E-state index is -0.436. The fraction of sp³-hybridized carbons (Fsp3) is 0.600. The molecule has 0 spiro atoms. The maximum absolute atomic E-state index is 10.4. The smallest absolute Gasteiger partial charge is 0.231 e. The van der Waals surface area contributed by atoms with Crippen molar-refractivity contribution in [3.63, 3.8) is 0 Å². The Morgan fingerprint density at radius 2 is 2.16 bits per heavy atom. The largest absolute Gasteiger partial charge is 0.454 e. The number of aliphatic hydroxyl groups excluding tert-OH is 1. The lowest BCUT2D eigenvalue weighted by Crippen LogP contribution is -2.35. The van der Waals surface area contributed by atoms with Crippen molar-refractivity contribution in [3.05, 3.63) is 23.8 Å². The molecule has 1 aliphatic carbocycles. The fourth-order valence-corrected chi connectivity index (χ4v) is 3.70. The van der Waals surface area contributed by atoms with Gasteiger partial charge >= 0.3 is 0 Å². The van der Waals surface area contributed by atoms with Gasteiger partial charge in [-0.25, -0.2) is 0 Å². The van der Waals surface area contributed by atoms with E-state index in [0.29, 0.717) is 6.04 Å². The summed E-state index contributed by atoms with van der Waals surface area (Å²) in [5, 5.41) is 10.4. The first kappa shape index (κ1) is 11.6. The zero-order valence-electron chi connectivity index (χ0n) is 10.9. The number of ether oxygens (including phenoxy) is 2. The quantitative estimate of drug-likeness (QED) is 0.903. The minimum Gasteiger partial charge on any atom is -0.454 e. The van der Waals surface area contributed by atoms with Gasteiger partial charge in [-0.2, -0.15) is 0 Å². The molecule has 2 heterocycles. The second-order valence-corrected chi connectivity index (χ2v) is 5.92. The van der Waals surface area contributed by atoms with Gasteiger partial charge in [0.05, 0.1) is 6.10 Å². The molecule has 4 heteroatoms. The molecule has 4 rings (SSSR count). The second kappa shape index (κ2) is 4.39. The zero-order chi connectivity index (χ0) is 12.8. The van der Waals surface area contributed by atoms with Gasteiger partial charge in [-0.1, -0.05) is 6.07 Å². The minimum absolute atomic E-state index is 0.283. The van der Waals surface area contributed by atoms with Crippen LogP contribution < -0.4 is 9.47 Å². The molecule has 19 heavy (non-hydrogen) atoms. The molecule has 2 bridgehead atoms. The number of hydrogen-bond donors (Lipinski definition) is 1. The molecule has 0 aromatic heterocycles. The van der Waals surface area contributed by atoms with E-state index < -0.39 is 6.10 Å². The molecule has 3 atom stereocenters. The van der Waals surface area contributed by atoms with Gasteiger partial charge in [-0.3, -0.25) is 4.90 Å². The zero-order valence-corrected chi connectivity index (χ0v) is 10.9.